The summed E-state index contributed by atoms with van der Waals surface area (Å²) >= 11 is 11.3. The van der Waals surface area contributed by atoms with E-state index in [0.29, 0.717) is 0 Å². The standard InChI is InChI=1S/C11H13Cl2FN2O3S.ClH/c12-8-1-2-9(10(13)11(8)14)20(17,18)16-3-4-19-7(5-15)6-16;/h1-2,7H,3-6,15H2;1H. The number of hydrogen-bond acceptors (Lipinski definition) is 4. The molecule has 0 aromatic heterocycles. The molecule has 0 radical (unpaired) electrons. The second-order valence-electron chi connectivity index (χ2n) is 4.27. The van der Waals surface area contributed by atoms with Crippen molar-refractivity contribution >= 4 is 45.6 Å². The molecule has 1 aromatic rings. The zero-order valence-corrected chi connectivity index (χ0v) is 13.9. The van der Waals surface area contributed by atoms with Gasteiger partial charge < -0.3 is 10.5 Å². The minimum absolute atomic E-state index is 0. The van der Waals surface area contributed by atoms with E-state index in [1.54, 1.807) is 0 Å². The molecule has 1 aliphatic rings. The number of benzene rings is 1. The Morgan fingerprint density at radius 3 is 2.71 bits per heavy atom. The summed E-state index contributed by atoms with van der Waals surface area (Å²) < 4.78 is 45.1. The molecule has 5 nitrogen and oxygen atoms in total. The molecule has 0 saturated carbocycles. The van der Waals surface area contributed by atoms with Gasteiger partial charge in [0.25, 0.3) is 0 Å². The number of nitrogens with zero attached hydrogens (tertiary/aromatic N) is 1. The van der Waals surface area contributed by atoms with Crippen molar-refractivity contribution in [2.45, 2.75) is 11.0 Å². The molecule has 1 aliphatic heterocycles. The molecule has 120 valence electrons. The average Bonchev–Trinajstić information content (AvgIpc) is 2.44. The molecule has 1 unspecified atom stereocenters. The Labute approximate surface area is 138 Å². The molecular formula is C11H14Cl3FN2O3S. The maximum Gasteiger partial charge on any atom is 0.244 e. The number of rotatable bonds is 3. The van der Waals surface area contributed by atoms with E-state index in [4.69, 9.17) is 33.7 Å². The summed E-state index contributed by atoms with van der Waals surface area (Å²) in [6.45, 7) is 0.711. The SMILES string of the molecule is Cl.NCC1CN(S(=O)(=O)c2ccc(Cl)c(F)c2Cl)CCO1. The smallest absolute Gasteiger partial charge is 0.244 e. The zero-order valence-electron chi connectivity index (χ0n) is 10.8. The van der Waals surface area contributed by atoms with Crippen LogP contribution in [0.3, 0.4) is 0 Å². The van der Waals surface area contributed by atoms with Crippen molar-refractivity contribution in [3.8, 4) is 0 Å². The highest BCUT2D eigenvalue weighted by atomic mass is 35.5. The van der Waals surface area contributed by atoms with E-state index in [-0.39, 0.29) is 54.7 Å². The second-order valence-corrected chi connectivity index (χ2v) is 6.96. The fourth-order valence-corrected chi connectivity index (χ4v) is 4.07. The molecule has 2 rings (SSSR count). The van der Waals surface area contributed by atoms with Crippen molar-refractivity contribution in [1.29, 1.82) is 0 Å². The van der Waals surface area contributed by atoms with E-state index in [2.05, 4.69) is 0 Å². The summed E-state index contributed by atoms with van der Waals surface area (Å²) in [6.07, 6.45) is -0.380. The summed E-state index contributed by atoms with van der Waals surface area (Å²) in [5.41, 5.74) is 5.47. The highest BCUT2D eigenvalue weighted by Gasteiger charge is 2.32. The van der Waals surface area contributed by atoms with Gasteiger partial charge in [0.15, 0.2) is 5.82 Å². The van der Waals surface area contributed by atoms with Crippen molar-refractivity contribution in [1.82, 2.24) is 4.31 Å². The van der Waals surface area contributed by atoms with Crippen LogP contribution in [0.25, 0.3) is 0 Å². The molecule has 0 amide bonds. The van der Waals surface area contributed by atoms with Gasteiger partial charge in [-0.2, -0.15) is 4.31 Å². The van der Waals surface area contributed by atoms with Crippen LogP contribution in [-0.2, 0) is 14.8 Å². The maximum absolute atomic E-state index is 13.6. The van der Waals surface area contributed by atoms with Crippen LogP contribution in [0, 0.1) is 5.82 Å². The van der Waals surface area contributed by atoms with Crippen LogP contribution in [0.15, 0.2) is 17.0 Å². The molecule has 10 heteroatoms. The Bertz CT molecular complexity index is 615. The Morgan fingerprint density at radius 2 is 2.10 bits per heavy atom. The molecule has 0 aliphatic carbocycles. The summed E-state index contributed by atoms with van der Waals surface area (Å²) in [7, 11) is -3.91. The quantitative estimate of drug-likeness (QED) is 0.814. The molecule has 0 bridgehead atoms. The highest BCUT2D eigenvalue weighted by molar-refractivity contribution is 7.89. The van der Waals surface area contributed by atoms with Crippen LogP contribution in [0.1, 0.15) is 0 Å². The number of nitrogens with two attached hydrogens (primary N) is 1. The van der Waals surface area contributed by atoms with E-state index in [1.165, 1.54) is 10.4 Å². The normalized spacial score (nSPS) is 20.1. The largest absolute Gasteiger partial charge is 0.374 e. The van der Waals surface area contributed by atoms with Crippen molar-refractivity contribution in [3.05, 3.63) is 28.0 Å². The third kappa shape index (κ3) is 3.79. The van der Waals surface area contributed by atoms with E-state index < -0.39 is 20.9 Å². The van der Waals surface area contributed by atoms with E-state index in [1.807, 2.05) is 0 Å². The molecular weight excluding hydrogens is 366 g/mol. The van der Waals surface area contributed by atoms with Gasteiger partial charge in [-0.05, 0) is 12.1 Å². The van der Waals surface area contributed by atoms with Crippen LogP contribution < -0.4 is 5.73 Å². The van der Waals surface area contributed by atoms with Crippen molar-refractivity contribution in [3.63, 3.8) is 0 Å². The third-order valence-corrected chi connectivity index (χ3v) is 5.66. The summed E-state index contributed by atoms with van der Waals surface area (Å²) in [5.74, 6) is -0.946. The Kier molecular flexibility index (Phi) is 6.67. The fraction of sp³-hybridized carbons (Fsp3) is 0.455. The Morgan fingerprint density at radius 1 is 1.43 bits per heavy atom. The molecule has 1 heterocycles. The van der Waals surface area contributed by atoms with E-state index in [0.717, 1.165) is 6.07 Å². The van der Waals surface area contributed by atoms with Crippen molar-refractivity contribution in [2.24, 2.45) is 5.73 Å². The van der Waals surface area contributed by atoms with E-state index >= 15 is 0 Å². The van der Waals surface area contributed by atoms with Crippen LogP contribution in [0.4, 0.5) is 4.39 Å². The molecule has 1 aromatic carbocycles. The summed E-state index contributed by atoms with van der Waals surface area (Å²) in [4.78, 5) is -0.307. The van der Waals surface area contributed by atoms with Gasteiger partial charge in [-0.1, -0.05) is 23.2 Å². The summed E-state index contributed by atoms with van der Waals surface area (Å²) in [5, 5.41) is -0.732. The first-order valence-corrected chi connectivity index (χ1v) is 8.03. The monoisotopic (exact) mass is 378 g/mol. The second kappa shape index (κ2) is 7.41. The number of morpholine rings is 1. The maximum atomic E-state index is 13.6. The van der Waals surface area contributed by atoms with Gasteiger partial charge in [0.2, 0.25) is 10.0 Å². The van der Waals surface area contributed by atoms with Crippen LogP contribution in [0.2, 0.25) is 10.0 Å². The van der Waals surface area contributed by atoms with Crippen LogP contribution in [0.5, 0.6) is 0 Å². The first kappa shape index (κ1) is 18.9. The van der Waals surface area contributed by atoms with Gasteiger partial charge >= 0.3 is 0 Å². The number of hydrogen-bond donors (Lipinski definition) is 1. The Hall–Kier alpha value is -0.150. The summed E-state index contributed by atoms with van der Waals surface area (Å²) in [6, 6.07) is 2.35. The van der Waals surface area contributed by atoms with Gasteiger partial charge in [0, 0.05) is 19.6 Å². The lowest BCUT2D eigenvalue weighted by Gasteiger charge is -2.31. The highest BCUT2D eigenvalue weighted by Crippen LogP contribution is 2.31. The predicted molar refractivity (Wildman–Crippen MR) is 81.2 cm³/mol. The Balaban J connectivity index is 0.00000220. The molecule has 21 heavy (non-hydrogen) atoms. The molecule has 1 fully saturated rings. The fourth-order valence-electron chi connectivity index (χ4n) is 1.90. The third-order valence-electron chi connectivity index (χ3n) is 2.98. The molecule has 1 atom stereocenters. The minimum atomic E-state index is -3.91. The molecule has 0 spiro atoms. The zero-order chi connectivity index (χ0) is 14.9. The lowest BCUT2D eigenvalue weighted by molar-refractivity contribution is 0.00450. The van der Waals surface area contributed by atoms with Gasteiger partial charge in [0.1, 0.15) is 4.90 Å². The van der Waals surface area contributed by atoms with Gasteiger partial charge in [-0.3, -0.25) is 0 Å². The lowest BCUT2D eigenvalue weighted by Crippen LogP contribution is -2.48. The topological polar surface area (TPSA) is 72.6 Å². The first-order chi connectivity index (χ1) is 9.37. The number of ether oxygens (including phenoxy) is 1. The first-order valence-electron chi connectivity index (χ1n) is 5.83. The van der Waals surface area contributed by atoms with Crippen LogP contribution in [-0.4, -0.2) is 45.1 Å². The molecule has 1 saturated heterocycles. The number of sulfonamides is 1. The van der Waals surface area contributed by atoms with Gasteiger partial charge in [-0.25, -0.2) is 12.8 Å². The van der Waals surface area contributed by atoms with Gasteiger partial charge in [-0.15, -0.1) is 12.4 Å². The predicted octanol–water partition coefficient (Wildman–Crippen LogP) is 1.90. The average molecular weight is 380 g/mol. The lowest BCUT2D eigenvalue weighted by atomic mass is 10.3. The molecule has 2 N–H and O–H groups in total. The van der Waals surface area contributed by atoms with Crippen LogP contribution >= 0.6 is 35.6 Å². The van der Waals surface area contributed by atoms with E-state index in [9.17, 15) is 12.8 Å². The van der Waals surface area contributed by atoms with Gasteiger partial charge in [0.05, 0.1) is 22.8 Å². The number of halogens is 4. The van der Waals surface area contributed by atoms with Crippen molar-refractivity contribution in [2.75, 3.05) is 26.2 Å². The minimum Gasteiger partial charge on any atom is -0.374 e. The van der Waals surface area contributed by atoms with Crippen molar-refractivity contribution < 1.29 is 17.5 Å².